The van der Waals surface area contributed by atoms with Gasteiger partial charge >= 0.3 is 5.69 Å². The molecule has 1 aliphatic carbocycles. The normalized spacial score (nSPS) is 38.8. The Morgan fingerprint density at radius 3 is 2.80 bits per heavy atom. The summed E-state index contributed by atoms with van der Waals surface area (Å²) in [7, 11) is 1.30. The van der Waals surface area contributed by atoms with Crippen molar-refractivity contribution >= 4 is 0 Å². The van der Waals surface area contributed by atoms with E-state index in [1.165, 1.54) is 7.11 Å². The maximum atomic E-state index is 14.2. The van der Waals surface area contributed by atoms with Gasteiger partial charge in [0.2, 0.25) is 5.82 Å². The number of aromatic amines is 1. The van der Waals surface area contributed by atoms with E-state index in [9.17, 15) is 22.8 Å². The van der Waals surface area contributed by atoms with Crippen LogP contribution in [-0.4, -0.2) is 41.2 Å². The lowest BCUT2D eigenvalue weighted by Gasteiger charge is -2.22. The highest BCUT2D eigenvalue weighted by Gasteiger charge is 2.77. The van der Waals surface area contributed by atoms with Crippen molar-refractivity contribution in [3.8, 4) is 0 Å². The highest BCUT2D eigenvalue weighted by Crippen LogP contribution is 2.61. The van der Waals surface area contributed by atoms with Gasteiger partial charge in [-0.1, -0.05) is 0 Å². The first-order valence-corrected chi connectivity index (χ1v) is 5.88. The van der Waals surface area contributed by atoms with Gasteiger partial charge < -0.3 is 9.47 Å². The molecule has 20 heavy (non-hydrogen) atoms. The Labute approximate surface area is 110 Å². The molecule has 110 valence electrons. The fraction of sp³-hybridized carbons (Fsp3) is 0.636. The Hall–Kier alpha value is -1.61. The van der Waals surface area contributed by atoms with Crippen LogP contribution in [0.4, 0.5) is 13.2 Å². The van der Waals surface area contributed by atoms with E-state index in [1.807, 2.05) is 0 Å². The average Bonchev–Trinajstić information content (AvgIpc) is 2.98. The SMILES string of the molecule is COC1C2C(F)C(n3cc(F)c(=O)[nH]c3=O)OC12CF. The molecule has 5 unspecified atom stereocenters. The number of nitrogens with one attached hydrogen (secondary N) is 1. The van der Waals surface area contributed by atoms with Gasteiger partial charge in [-0.25, -0.2) is 13.6 Å². The first-order chi connectivity index (χ1) is 9.46. The lowest BCUT2D eigenvalue weighted by atomic mass is 10.2. The van der Waals surface area contributed by atoms with Gasteiger partial charge in [-0.05, 0) is 0 Å². The molecular formula is C11H11F3N2O4. The van der Waals surface area contributed by atoms with Crippen molar-refractivity contribution in [2.75, 3.05) is 13.8 Å². The first-order valence-electron chi connectivity index (χ1n) is 5.88. The second-order valence-electron chi connectivity index (χ2n) is 4.87. The fourth-order valence-corrected chi connectivity index (χ4v) is 2.86. The number of ether oxygens (including phenoxy) is 2. The summed E-state index contributed by atoms with van der Waals surface area (Å²) in [5, 5.41) is 0. The molecule has 0 aromatic carbocycles. The van der Waals surface area contributed by atoms with E-state index >= 15 is 0 Å². The second-order valence-corrected chi connectivity index (χ2v) is 4.87. The minimum absolute atomic E-state index is 0.552. The molecule has 1 N–H and O–H groups in total. The van der Waals surface area contributed by atoms with Gasteiger partial charge in [-0.2, -0.15) is 4.39 Å². The van der Waals surface area contributed by atoms with E-state index in [-0.39, 0.29) is 0 Å². The second kappa shape index (κ2) is 4.19. The predicted molar refractivity (Wildman–Crippen MR) is 59.3 cm³/mol. The van der Waals surface area contributed by atoms with E-state index in [0.717, 1.165) is 0 Å². The molecule has 2 aliphatic rings. The molecule has 9 heteroatoms. The molecule has 6 nitrogen and oxygen atoms in total. The smallest absolute Gasteiger partial charge is 0.330 e. The third-order valence-electron chi connectivity index (χ3n) is 3.88. The van der Waals surface area contributed by atoms with Crippen LogP contribution >= 0.6 is 0 Å². The number of rotatable bonds is 3. The minimum atomic E-state index is -1.74. The number of hydrogen-bond donors (Lipinski definition) is 1. The van der Waals surface area contributed by atoms with Gasteiger partial charge in [0, 0.05) is 7.11 Å². The van der Waals surface area contributed by atoms with E-state index in [4.69, 9.17) is 9.47 Å². The van der Waals surface area contributed by atoms with Gasteiger partial charge in [0.15, 0.2) is 12.4 Å². The van der Waals surface area contributed by atoms with Gasteiger partial charge in [-0.3, -0.25) is 14.3 Å². The zero-order valence-electron chi connectivity index (χ0n) is 10.3. The zero-order chi connectivity index (χ0) is 14.7. The Bertz CT molecular complexity index is 660. The zero-order valence-corrected chi connectivity index (χ0v) is 10.3. The van der Waals surface area contributed by atoms with Gasteiger partial charge in [0.25, 0.3) is 5.56 Å². The molecule has 1 saturated carbocycles. The quantitative estimate of drug-likeness (QED) is 0.844. The van der Waals surface area contributed by atoms with Crippen molar-refractivity contribution in [3.05, 3.63) is 32.9 Å². The number of H-pyrrole nitrogens is 1. The van der Waals surface area contributed by atoms with Crippen molar-refractivity contribution < 1.29 is 22.6 Å². The number of halogens is 3. The number of aromatic nitrogens is 2. The summed E-state index contributed by atoms with van der Waals surface area (Å²) in [4.78, 5) is 24.2. The Balaban J connectivity index is 1.97. The first kappa shape index (κ1) is 13.4. The fourth-order valence-electron chi connectivity index (χ4n) is 2.86. The van der Waals surface area contributed by atoms with Crippen molar-refractivity contribution in [2.24, 2.45) is 5.92 Å². The van der Waals surface area contributed by atoms with Crippen LogP contribution in [0.2, 0.25) is 0 Å². The molecule has 1 saturated heterocycles. The molecule has 0 spiro atoms. The number of hydrogen-bond acceptors (Lipinski definition) is 4. The lowest BCUT2D eigenvalue weighted by molar-refractivity contribution is -0.103. The molecule has 1 aromatic rings. The van der Waals surface area contributed by atoms with Crippen LogP contribution in [0.25, 0.3) is 0 Å². The van der Waals surface area contributed by atoms with Crippen LogP contribution in [-0.2, 0) is 9.47 Å². The summed E-state index contributed by atoms with van der Waals surface area (Å²) < 4.78 is 51.3. The van der Waals surface area contributed by atoms with Crippen LogP contribution in [0, 0.1) is 11.7 Å². The minimum Gasteiger partial charge on any atom is -0.378 e. The van der Waals surface area contributed by atoms with Gasteiger partial charge in [0.05, 0.1) is 18.2 Å². The topological polar surface area (TPSA) is 73.3 Å². The molecule has 2 heterocycles. The molecule has 0 bridgehead atoms. The summed E-state index contributed by atoms with van der Waals surface area (Å²) in [6.07, 6.45) is -3.40. The number of fused-ring (bicyclic) bond motifs is 1. The van der Waals surface area contributed by atoms with E-state index < -0.39 is 53.8 Å². The predicted octanol–water partition coefficient (Wildman–Crippen LogP) is -0.104. The van der Waals surface area contributed by atoms with Crippen LogP contribution in [0.1, 0.15) is 6.23 Å². The number of methoxy groups -OCH3 is 1. The molecule has 5 atom stereocenters. The Morgan fingerprint density at radius 2 is 2.25 bits per heavy atom. The highest BCUT2D eigenvalue weighted by molar-refractivity contribution is 5.23. The monoisotopic (exact) mass is 292 g/mol. The van der Waals surface area contributed by atoms with E-state index in [1.54, 1.807) is 4.98 Å². The van der Waals surface area contributed by atoms with E-state index in [2.05, 4.69) is 0 Å². The highest BCUT2D eigenvalue weighted by atomic mass is 19.1. The Morgan fingerprint density at radius 1 is 1.55 bits per heavy atom. The molecular weight excluding hydrogens is 281 g/mol. The van der Waals surface area contributed by atoms with Crippen molar-refractivity contribution in [2.45, 2.75) is 24.1 Å². The molecule has 1 aromatic heterocycles. The third-order valence-corrected chi connectivity index (χ3v) is 3.88. The van der Waals surface area contributed by atoms with Crippen LogP contribution in [0.15, 0.2) is 15.8 Å². The molecule has 2 fully saturated rings. The van der Waals surface area contributed by atoms with Gasteiger partial charge in [0.1, 0.15) is 12.3 Å². The summed E-state index contributed by atoms with van der Waals surface area (Å²) in [6, 6.07) is 0. The summed E-state index contributed by atoms with van der Waals surface area (Å²) in [5.74, 6) is -2.11. The summed E-state index contributed by atoms with van der Waals surface area (Å²) in [5.41, 5.74) is -3.67. The standard InChI is InChI=1S/C11H11F3N2O4/c1-19-7-5-6(14)9(20-11(5,7)3-12)16-2-4(13)8(17)15-10(16)18/h2,5-7,9H,3H2,1H3,(H,15,17,18). The number of alkyl halides is 2. The largest absolute Gasteiger partial charge is 0.378 e. The van der Waals surface area contributed by atoms with Crippen LogP contribution in [0.3, 0.4) is 0 Å². The summed E-state index contributed by atoms with van der Waals surface area (Å²) in [6.45, 7) is -0.978. The molecule has 0 amide bonds. The molecule has 1 aliphatic heterocycles. The molecule has 0 radical (unpaired) electrons. The van der Waals surface area contributed by atoms with E-state index in [0.29, 0.717) is 10.8 Å². The maximum absolute atomic E-state index is 14.2. The molecule has 3 rings (SSSR count). The third kappa shape index (κ3) is 1.53. The van der Waals surface area contributed by atoms with Crippen LogP contribution < -0.4 is 11.2 Å². The average molecular weight is 292 g/mol. The van der Waals surface area contributed by atoms with Crippen molar-refractivity contribution in [3.63, 3.8) is 0 Å². The van der Waals surface area contributed by atoms with Crippen molar-refractivity contribution in [1.82, 2.24) is 9.55 Å². The van der Waals surface area contributed by atoms with Crippen molar-refractivity contribution in [1.29, 1.82) is 0 Å². The maximum Gasteiger partial charge on any atom is 0.330 e. The number of nitrogens with zero attached hydrogens (tertiary/aromatic N) is 1. The van der Waals surface area contributed by atoms with Gasteiger partial charge in [-0.15, -0.1) is 0 Å². The lowest BCUT2D eigenvalue weighted by Crippen LogP contribution is -2.38. The summed E-state index contributed by atoms with van der Waals surface area (Å²) >= 11 is 0. The Kier molecular flexibility index (Phi) is 2.80. The van der Waals surface area contributed by atoms with Crippen LogP contribution in [0.5, 0.6) is 0 Å².